The lowest BCUT2D eigenvalue weighted by Gasteiger charge is -2.20. The van der Waals surface area contributed by atoms with Crippen LogP contribution < -0.4 is 0 Å². The summed E-state index contributed by atoms with van der Waals surface area (Å²) in [7, 11) is 0. The molecule has 0 aliphatic carbocycles. The van der Waals surface area contributed by atoms with Crippen molar-refractivity contribution >= 4 is 6.09 Å². The van der Waals surface area contributed by atoms with E-state index in [1.54, 1.807) is 17.2 Å². The van der Waals surface area contributed by atoms with Crippen LogP contribution in [0.5, 0.6) is 0 Å². The van der Waals surface area contributed by atoms with E-state index in [1.807, 2.05) is 26.8 Å². The number of amides is 1. The molecule has 0 aliphatic rings. The number of hydrogen-bond acceptors (Lipinski definition) is 3. The molecule has 0 atom stereocenters. The van der Waals surface area contributed by atoms with Gasteiger partial charge in [-0.2, -0.15) is 0 Å². The third-order valence-electron chi connectivity index (χ3n) is 1.90. The molecule has 0 unspecified atom stereocenters. The Kier molecular flexibility index (Phi) is 4.21. The van der Waals surface area contributed by atoms with Crippen molar-refractivity contribution in [3.8, 4) is 0 Å². The Morgan fingerprint density at radius 3 is 2.80 bits per heavy atom. The van der Waals surface area contributed by atoms with Crippen LogP contribution in [0.2, 0.25) is 0 Å². The number of furan rings is 1. The third-order valence-corrected chi connectivity index (χ3v) is 1.90. The molecule has 1 aromatic rings. The Balaban J connectivity index is 2.52. The molecule has 4 heteroatoms. The van der Waals surface area contributed by atoms with Crippen molar-refractivity contribution in [2.75, 3.05) is 6.54 Å². The second kappa shape index (κ2) is 5.44. The molecular formula is C11H17NO3. The van der Waals surface area contributed by atoms with Gasteiger partial charge in [0, 0.05) is 6.54 Å². The smallest absolute Gasteiger partial charge is 0.410 e. The Morgan fingerprint density at radius 2 is 2.33 bits per heavy atom. The molecule has 0 spiro atoms. The largest absolute Gasteiger partial charge is 0.467 e. The van der Waals surface area contributed by atoms with E-state index >= 15 is 0 Å². The van der Waals surface area contributed by atoms with Crippen molar-refractivity contribution in [1.29, 1.82) is 0 Å². The number of carbonyl (C=O) groups is 1. The van der Waals surface area contributed by atoms with Gasteiger partial charge in [0.2, 0.25) is 0 Å². The molecule has 0 bridgehead atoms. The summed E-state index contributed by atoms with van der Waals surface area (Å²) in [5.41, 5.74) is 0. The second-order valence-corrected chi connectivity index (χ2v) is 3.53. The predicted octanol–water partition coefficient (Wildman–Crippen LogP) is 2.65. The lowest BCUT2D eigenvalue weighted by atomic mass is 10.4. The zero-order valence-corrected chi connectivity index (χ0v) is 9.40. The Bertz CT molecular complexity index is 293. The van der Waals surface area contributed by atoms with Crippen LogP contribution in [0.3, 0.4) is 0 Å². The lowest BCUT2D eigenvalue weighted by molar-refractivity contribution is 0.0742. The van der Waals surface area contributed by atoms with Crippen LogP contribution in [-0.4, -0.2) is 23.6 Å². The fourth-order valence-electron chi connectivity index (χ4n) is 1.17. The van der Waals surface area contributed by atoms with Gasteiger partial charge in [0.1, 0.15) is 5.76 Å². The highest BCUT2D eigenvalue weighted by atomic mass is 16.6. The number of hydrogen-bond donors (Lipinski definition) is 0. The first-order valence-corrected chi connectivity index (χ1v) is 5.11. The average molecular weight is 211 g/mol. The summed E-state index contributed by atoms with van der Waals surface area (Å²) in [5.74, 6) is 0.762. The predicted molar refractivity (Wildman–Crippen MR) is 56.4 cm³/mol. The minimum Gasteiger partial charge on any atom is -0.467 e. The molecule has 1 aromatic heterocycles. The first-order valence-electron chi connectivity index (χ1n) is 5.11. The summed E-state index contributed by atoms with van der Waals surface area (Å²) in [6.07, 6.45) is 1.20. The van der Waals surface area contributed by atoms with E-state index in [4.69, 9.17) is 9.15 Å². The summed E-state index contributed by atoms with van der Waals surface area (Å²) in [6, 6.07) is 3.64. The summed E-state index contributed by atoms with van der Waals surface area (Å²) in [6.45, 7) is 6.63. The van der Waals surface area contributed by atoms with Crippen LogP contribution >= 0.6 is 0 Å². The molecule has 1 heterocycles. The summed E-state index contributed by atoms with van der Waals surface area (Å²) < 4.78 is 10.3. The van der Waals surface area contributed by atoms with E-state index in [9.17, 15) is 4.79 Å². The van der Waals surface area contributed by atoms with E-state index in [2.05, 4.69) is 0 Å². The van der Waals surface area contributed by atoms with Gasteiger partial charge in [-0.05, 0) is 32.9 Å². The second-order valence-electron chi connectivity index (χ2n) is 3.53. The van der Waals surface area contributed by atoms with Gasteiger partial charge in [0.25, 0.3) is 0 Å². The van der Waals surface area contributed by atoms with Crippen molar-refractivity contribution in [3.63, 3.8) is 0 Å². The van der Waals surface area contributed by atoms with Crippen molar-refractivity contribution in [2.45, 2.75) is 33.4 Å². The Hall–Kier alpha value is -1.45. The zero-order chi connectivity index (χ0) is 11.3. The van der Waals surface area contributed by atoms with Crippen LogP contribution in [0.15, 0.2) is 22.8 Å². The summed E-state index contributed by atoms with van der Waals surface area (Å²) in [5, 5.41) is 0. The Labute approximate surface area is 89.8 Å². The van der Waals surface area contributed by atoms with Gasteiger partial charge in [0.15, 0.2) is 0 Å². The maximum absolute atomic E-state index is 11.6. The summed E-state index contributed by atoms with van der Waals surface area (Å²) >= 11 is 0. The van der Waals surface area contributed by atoms with Crippen molar-refractivity contribution < 1.29 is 13.9 Å². The fourth-order valence-corrected chi connectivity index (χ4v) is 1.17. The standard InChI is InChI=1S/C11H17NO3/c1-4-12(11(13)15-9(2)3)8-10-6-5-7-14-10/h5-7,9H,4,8H2,1-3H3. The fraction of sp³-hybridized carbons (Fsp3) is 0.545. The monoisotopic (exact) mass is 211 g/mol. The van der Waals surface area contributed by atoms with Gasteiger partial charge < -0.3 is 14.1 Å². The number of carbonyl (C=O) groups excluding carboxylic acids is 1. The van der Waals surface area contributed by atoms with Gasteiger partial charge in [-0.25, -0.2) is 4.79 Å². The van der Waals surface area contributed by atoms with Gasteiger partial charge in [-0.3, -0.25) is 0 Å². The molecule has 0 fully saturated rings. The van der Waals surface area contributed by atoms with Crippen molar-refractivity contribution in [2.24, 2.45) is 0 Å². The van der Waals surface area contributed by atoms with Crippen LogP contribution in [0.4, 0.5) is 4.79 Å². The number of ether oxygens (including phenoxy) is 1. The topological polar surface area (TPSA) is 42.7 Å². The number of rotatable bonds is 4. The maximum Gasteiger partial charge on any atom is 0.410 e. The third kappa shape index (κ3) is 3.65. The molecule has 4 nitrogen and oxygen atoms in total. The molecule has 0 aromatic carbocycles. The minimum atomic E-state index is -0.302. The molecule has 0 aliphatic heterocycles. The highest BCUT2D eigenvalue weighted by Crippen LogP contribution is 2.07. The van der Waals surface area contributed by atoms with Crippen molar-refractivity contribution in [3.05, 3.63) is 24.2 Å². The molecule has 15 heavy (non-hydrogen) atoms. The van der Waals surface area contributed by atoms with Gasteiger partial charge in [-0.15, -0.1) is 0 Å². The normalized spacial score (nSPS) is 10.4. The zero-order valence-electron chi connectivity index (χ0n) is 9.40. The Morgan fingerprint density at radius 1 is 1.60 bits per heavy atom. The first-order chi connectivity index (χ1) is 7.13. The van der Waals surface area contributed by atoms with E-state index in [0.717, 1.165) is 5.76 Å². The lowest BCUT2D eigenvalue weighted by Crippen LogP contribution is -2.32. The highest BCUT2D eigenvalue weighted by Gasteiger charge is 2.15. The first kappa shape index (κ1) is 11.6. The van der Waals surface area contributed by atoms with E-state index in [1.165, 1.54) is 0 Å². The van der Waals surface area contributed by atoms with Gasteiger partial charge in [-0.1, -0.05) is 0 Å². The molecule has 84 valence electrons. The van der Waals surface area contributed by atoms with Crippen LogP contribution in [-0.2, 0) is 11.3 Å². The highest BCUT2D eigenvalue weighted by molar-refractivity contribution is 5.67. The van der Waals surface area contributed by atoms with Crippen LogP contribution in [0, 0.1) is 0 Å². The van der Waals surface area contributed by atoms with Gasteiger partial charge in [0.05, 0.1) is 18.9 Å². The summed E-state index contributed by atoms with van der Waals surface area (Å²) in [4.78, 5) is 13.2. The molecule has 1 rings (SSSR count). The van der Waals surface area contributed by atoms with E-state index < -0.39 is 0 Å². The SMILES string of the molecule is CCN(Cc1ccco1)C(=O)OC(C)C. The number of nitrogens with zero attached hydrogens (tertiary/aromatic N) is 1. The molecule has 0 saturated carbocycles. The quantitative estimate of drug-likeness (QED) is 0.768. The van der Waals surface area contributed by atoms with Gasteiger partial charge >= 0.3 is 6.09 Å². The molecule has 0 N–H and O–H groups in total. The van der Waals surface area contributed by atoms with E-state index in [-0.39, 0.29) is 12.2 Å². The molecule has 1 amide bonds. The molecular weight excluding hydrogens is 194 g/mol. The van der Waals surface area contributed by atoms with Crippen molar-refractivity contribution in [1.82, 2.24) is 4.90 Å². The maximum atomic E-state index is 11.6. The molecule has 0 saturated heterocycles. The minimum absolute atomic E-state index is 0.0943. The van der Waals surface area contributed by atoms with E-state index in [0.29, 0.717) is 13.1 Å². The molecule has 0 radical (unpaired) electrons. The van der Waals surface area contributed by atoms with Crippen LogP contribution in [0.1, 0.15) is 26.5 Å². The average Bonchev–Trinajstić information content (AvgIpc) is 2.65. The van der Waals surface area contributed by atoms with Crippen LogP contribution in [0.25, 0.3) is 0 Å².